The van der Waals surface area contributed by atoms with E-state index in [9.17, 15) is 0 Å². The van der Waals surface area contributed by atoms with Crippen LogP contribution in [0.25, 0.3) is 0 Å². The molecule has 112 valence electrons. The van der Waals surface area contributed by atoms with Crippen LogP contribution >= 0.6 is 24.0 Å². The molecule has 0 radical (unpaired) electrons. The molecular formula is C16H23Cl2NO. The normalized spacial score (nSPS) is 28.1. The first-order valence-corrected chi connectivity index (χ1v) is 7.59. The zero-order chi connectivity index (χ0) is 13.5. The monoisotopic (exact) mass is 315 g/mol. The van der Waals surface area contributed by atoms with E-state index in [1.807, 2.05) is 12.1 Å². The van der Waals surface area contributed by atoms with Crippen molar-refractivity contribution in [3.05, 3.63) is 28.8 Å². The highest BCUT2D eigenvalue weighted by Crippen LogP contribution is 2.47. The van der Waals surface area contributed by atoms with Crippen molar-refractivity contribution in [3.63, 3.8) is 0 Å². The fourth-order valence-corrected chi connectivity index (χ4v) is 3.86. The van der Waals surface area contributed by atoms with Gasteiger partial charge in [-0.15, -0.1) is 12.4 Å². The maximum atomic E-state index is 6.42. The van der Waals surface area contributed by atoms with Crippen molar-refractivity contribution in [2.45, 2.75) is 37.7 Å². The van der Waals surface area contributed by atoms with E-state index in [0.717, 1.165) is 23.7 Å². The summed E-state index contributed by atoms with van der Waals surface area (Å²) in [6.45, 7) is 1.11. The molecule has 3 rings (SSSR count). The second-order valence-electron chi connectivity index (χ2n) is 6.30. The van der Waals surface area contributed by atoms with Crippen molar-refractivity contribution < 1.29 is 4.74 Å². The van der Waals surface area contributed by atoms with Crippen LogP contribution < -0.4 is 4.74 Å². The van der Waals surface area contributed by atoms with E-state index >= 15 is 0 Å². The van der Waals surface area contributed by atoms with Gasteiger partial charge in [0.15, 0.2) is 0 Å². The summed E-state index contributed by atoms with van der Waals surface area (Å²) >= 11 is 6.08. The van der Waals surface area contributed by atoms with Crippen LogP contribution in [0.2, 0.25) is 5.02 Å². The molecule has 0 N–H and O–H groups in total. The number of benzene rings is 1. The average molecular weight is 316 g/mol. The van der Waals surface area contributed by atoms with Crippen LogP contribution in [0.1, 0.15) is 31.2 Å². The zero-order valence-electron chi connectivity index (χ0n) is 12.2. The largest absolute Gasteiger partial charge is 0.486 e. The highest BCUT2D eigenvalue weighted by Gasteiger charge is 2.47. The molecule has 1 heterocycles. The Morgan fingerprint density at radius 2 is 2.15 bits per heavy atom. The van der Waals surface area contributed by atoms with Crippen molar-refractivity contribution in [2.24, 2.45) is 5.92 Å². The van der Waals surface area contributed by atoms with Crippen LogP contribution in [-0.4, -0.2) is 31.1 Å². The van der Waals surface area contributed by atoms with Crippen LogP contribution in [0.15, 0.2) is 18.2 Å². The van der Waals surface area contributed by atoms with Crippen molar-refractivity contribution in [1.29, 1.82) is 0 Å². The van der Waals surface area contributed by atoms with Crippen molar-refractivity contribution >= 4 is 24.0 Å². The molecule has 1 spiro atoms. The molecule has 1 aromatic carbocycles. The molecule has 1 aromatic rings. The molecule has 4 heteroatoms. The molecule has 1 aliphatic carbocycles. The molecule has 0 aromatic heterocycles. The summed E-state index contributed by atoms with van der Waals surface area (Å²) in [4.78, 5) is 2.29. The molecule has 2 aliphatic rings. The predicted octanol–water partition coefficient (Wildman–Crippen LogP) is 4.19. The minimum Gasteiger partial charge on any atom is -0.486 e. The van der Waals surface area contributed by atoms with Gasteiger partial charge in [0, 0.05) is 23.9 Å². The Labute approximate surface area is 132 Å². The van der Waals surface area contributed by atoms with Gasteiger partial charge in [-0.1, -0.05) is 24.1 Å². The van der Waals surface area contributed by atoms with Gasteiger partial charge in [0.25, 0.3) is 0 Å². The third-order valence-electron chi connectivity index (χ3n) is 4.56. The Morgan fingerprint density at radius 3 is 2.90 bits per heavy atom. The van der Waals surface area contributed by atoms with Crippen molar-refractivity contribution in [1.82, 2.24) is 4.90 Å². The van der Waals surface area contributed by atoms with Crippen LogP contribution in [0.3, 0.4) is 0 Å². The standard InChI is InChI=1S/C16H22ClNO.ClH/c1-18(2)11-13-5-3-4-8-16(13)10-12-6-7-14(17)9-15(12)19-16;/h6-7,9,13H,3-5,8,10-11H2,1-2H3;1H/t13?,16-;/m0./s1. The first-order valence-electron chi connectivity index (χ1n) is 7.21. The lowest BCUT2D eigenvalue weighted by molar-refractivity contribution is -0.0149. The van der Waals surface area contributed by atoms with E-state index < -0.39 is 0 Å². The van der Waals surface area contributed by atoms with Gasteiger partial charge in [-0.3, -0.25) is 0 Å². The lowest BCUT2D eigenvalue weighted by Gasteiger charge is -2.41. The molecule has 0 amide bonds. The van der Waals surface area contributed by atoms with Gasteiger partial charge in [-0.25, -0.2) is 0 Å². The zero-order valence-corrected chi connectivity index (χ0v) is 13.8. The third kappa shape index (κ3) is 2.93. The summed E-state index contributed by atoms with van der Waals surface area (Å²) in [5.74, 6) is 1.64. The summed E-state index contributed by atoms with van der Waals surface area (Å²) < 4.78 is 6.42. The summed E-state index contributed by atoms with van der Waals surface area (Å²) in [6.07, 6.45) is 6.13. The maximum Gasteiger partial charge on any atom is 0.125 e. The highest BCUT2D eigenvalue weighted by atomic mass is 35.5. The van der Waals surface area contributed by atoms with Gasteiger partial charge >= 0.3 is 0 Å². The fraction of sp³-hybridized carbons (Fsp3) is 0.625. The lowest BCUT2D eigenvalue weighted by Crippen LogP contribution is -2.48. The second kappa shape index (κ2) is 6.13. The summed E-state index contributed by atoms with van der Waals surface area (Å²) in [5, 5.41) is 0.774. The number of nitrogens with zero attached hydrogens (tertiary/aromatic N) is 1. The first-order chi connectivity index (χ1) is 9.09. The van der Waals surface area contributed by atoms with E-state index in [-0.39, 0.29) is 18.0 Å². The predicted molar refractivity (Wildman–Crippen MR) is 86.3 cm³/mol. The smallest absolute Gasteiger partial charge is 0.125 e. The van der Waals surface area contributed by atoms with Crippen molar-refractivity contribution in [2.75, 3.05) is 20.6 Å². The average Bonchev–Trinajstić information content (AvgIpc) is 2.70. The first kappa shape index (κ1) is 15.9. The molecule has 0 bridgehead atoms. The van der Waals surface area contributed by atoms with Gasteiger partial charge in [0.2, 0.25) is 0 Å². The Kier molecular flexibility index (Phi) is 4.88. The quantitative estimate of drug-likeness (QED) is 0.811. The summed E-state index contributed by atoms with van der Waals surface area (Å²) in [7, 11) is 4.31. The molecule has 1 saturated carbocycles. The Morgan fingerprint density at radius 1 is 1.35 bits per heavy atom. The Hall–Kier alpha value is -0.440. The maximum absolute atomic E-state index is 6.42. The molecule has 1 unspecified atom stereocenters. The number of halogens is 2. The number of hydrogen-bond donors (Lipinski definition) is 0. The molecule has 1 aliphatic heterocycles. The van der Waals surface area contributed by atoms with Gasteiger partial charge in [-0.2, -0.15) is 0 Å². The van der Waals surface area contributed by atoms with Gasteiger partial charge in [0.05, 0.1) is 0 Å². The second-order valence-corrected chi connectivity index (χ2v) is 6.74. The lowest BCUT2D eigenvalue weighted by atomic mass is 9.73. The molecule has 2 atom stereocenters. The van der Waals surface area contributed by atoms with E-state index in [2.05, 4.69) is 25.1 Å². The Balaban J connectivity index is 0.00000147. The SMILES string of the molecule is CN(C)CC1CCCC[C@]12Cc1ccc(Cl)cc1O2.Cl. The van der Waals surface area contributed by atoms with E-state index in [1.54, 1.807) is 0 Å². The van der Waals surface area contributed by atoms with Gasteiger partial charge in [0.1, 0.15) is 11.4 Å². The van der Waals surface area contributed by atoms with E-state index in [4.69, 9.17) is 16.3 Å². The van der Waals surface area contributed by atoms with E-state index in [1.165, 1.54) is 31.2 Å². The number of fused-ring (bicyclic) bond motifs is 1. The minimum absolute atomic E-state index is 0. The number of hydrogen-bond acceptors (Lipinski definition) is 2. The van der Waals surface area contributed by atoms with Gasteiger partial charge < -0.3 is 9.64 Å². The molecule has 20 heavy (non-hydrogen) atoms. The van der Waals surface area contributed by atoms with Crippen molar-refractivity contribution in [3.8, 4) is 5.75 Å². The molecule has 2 nitrogen and oxygen atoms in total. The van der Waals surface area contributed by atoms with E-state index in [0.29, 0.717) is 5.92 Å². The van der Waals surface area contributed by atoms with Crippen LogP contribution in [0.4, 0.5) is 0 Å². The molecular weight excluding hydrogens is 293 g/mol. The molecule has 0 saturated heterocycles. The Bertz CT molecular complexity index is 478. The van der Waals surface area contributed by atoms with Crippen LogP contribution in [0, 0.1) is 5.92 Å². The fourth-order valence-electron chi connectivity index (χ4n) is 3.69. The summed E-state index contributed by atoms with van der Waals surface area (Å²) in [5.41, 5.74) is 1.35. The highest BCUT2D eigenvalue weighted by molar-refractivity contribution is 6.30. The number of rotatable bonds is 2. The molecule has 1 fully saturated rings. The third-order valence-corrected chi connectivity index (χ3v) is 4.80. The number of ether oxygens (including phenoxy) is 1. The van der Waals surface area contributed by atoms with Crippen LogP contribution in [-0.2, 0) is 6.42 Å². The minimum atomic E-state index is 0. The van der Waals surface area contributed by atoms with Gasteiger partial charge in [-0.05, 0) is 51.1 Å². The summed E-state index contributed by atoms with van der Waals surface area (Å²) in [6, 6.07) is 6.09. The van der Waals surface area contributed by atoms with Crippen LogP contribution in [0.5, 0.6) is 5.75 Å². The topological polar surface area (TPSA) is 12.5 Å².